The highest BCUT2D eigenvalue weighted by molar-refractivity contribution is 7.17. The van der Waals surface area contributed by atoms with E-state index in [9.17, 15) is 13.2 Å². The van der Waals surface area contributed by atoms with Crippen LogP contribution in [0.2, 0.25) is 0 Å². The van der Waals surface area contributed by atoms with Gasteiger partial charge in [0.15, 0.2) is 11.6 Å². The molecular formula is C12H5F3N2S. The Balaban J connectivity index is 2.36. The van der Waals surface area contributed by atoms with E-state index in [0.29, 0.717) is 16.3 Å². The Bertz CT molecular complexity index is 739. The fourth-order valence-corrected chi connectivity index (χ4v) is 2.56. The second kappa shape index (κ2) is 4.06. The molecule has 18 heavy (non-hydrogen) atoms. The first-order valence-corrected chi connectivity index (χ1v) is 5.88. The molecule has 2 heterocycles. The summed E-state index contributed by atoms with van der Waals surface area (Å²) in [4.78, 5) is 7.91. The van der Waals surface area contributed by atoms with Crippen molar-refractivity contribution in [1.82, 2.24) is 9.97 Å². The third-order valence-electron chi connectivity index (χ3n) is 2.49. The van der Waals surface area contributed by atoms with Gasteiger partial charge in [0, 0.05) is 11.6 Å². The summed E-state index contributed by atoms with van der Waals surface area (Å²) < 4.78 is 40.7. The van der Waals surface area contributed by atoms with Crippen LogP contribution < -0.4 is 0 Å². The lowest BCUT2D eigenvalue weighted by molar-refractivity contribution is 0.497. The first-order valence-electron chi connectivity index (χ1n) is 5.00. The van der Waals surface area contributed by atoms with Crippen LogP contribution in [0.1, 0.15) is 0 Å². The minimum Gasteiger partial charge on any atom is -0.235 e. The molecule has 0 bridgehead atoms. The number of hydrogen-bond acceptors (Lipinski definition) is 3. The maximum atomic E-state index is 13.7. The van der Waals surface area contributed by atoms with Crippen LogP contribution in [0.25, 0.3) is 21.5 Å². The lowest BCUT2D eigenvalue weighted by atomic mass is 10.1. The highest BCUT2D eigenvalue weighted by Crippen LogP contribution is 2.32. The van der Waals surface area contributed by atoms with Crippen LogP contribution in [0.5, 0.6) is 0 Å². The molecule has 0 unspecified atom stereocenters. The van der Waals surface area contributed by atoms with Gasteiger partial charge >= 0.3 is 0 Å². The molecule has 1 aromatic carbocycles. The summed E-state index contributed by atoms with van der Waals surface area (Å²) in [5.41, 5.74) is 0.627. The van der Waals surface area contributed by atoms with E-state index < -0.39 is 17.5 Å². The van der Waals surface area contributed by atoms with Gasteiger partial charge in [-0.25, -0.2) is 23.1 Å². The number of thiophene rings is 1. The Labute approximate surface area is 104 Å². The second-order valence-corrected chi connectivity index (χ2v) is 4.52. The molecule has 2 nitrogen and oxygen atoms in total. The topological polar surface area (TPSA) is 25.8 Å². The van der Waals surface area contributed by atoms with Crippen molar-refractivity contribution in [3.63, 3.8) is 0 Å². The highest BCUT2D eigenvalue weighted by atomic mass is 32.1. The average molecular weight is 266 g/mol. The zero-order valence-electron chi connectivity index (χ0n) is 8.82. The van der Waals surface area contributed by atoms with E-state index in [1.807, 2.05) is 0 Å². The molecule has 2 aromatic heterocycles. The molecule has 90 valence electrons. The Kier molecular flexibility index (Phi) is 2.52. The summed E-state index contributed by atoms with van der Waals surface area (Å²) in [6.45, 7) is 0. The summed E-state index contributed by atoms with van der Waals surface area (Å²) in [5, 5.41) is 1.76. The van der Waals surface area contributed by atoms with Crippen LogP contribution in [0.3, 0.4) is 0 Å². The van der Waals surface area contributed by atoms with Crippen LogP contribution >= 0.6 is 11.3 Å². The molecule has 0 N–H and O–H groups in total. The zero-order valence-corrected chi connectivity index (χ0v) is 9.64. The fourth-order valence-electron chi connectivity index (χ4n) is 1.71. The molecular weight excluding hydrogens is 261 g/mol. The van der Waals surface area contributed by atoms with Crippen molar-refractivity contribution >= 4 is 21.6 Å². The molecule has 0 fully saturated rings. The van der Waals surface area contributed by atoms with Gasteiger partial charge in [-0.05, 0) is 17.5 Å². The summed E-state index contributed by atoms with van der Waals surface area (Å²) in [5.74, 6) is -3.18. The zero-order chi connectivity index (χ0) is 12.7. The van der Waals surface area contributed by atoms with Crippen molar-refractivity contribution in [2.75, 3.05) is 0 Å². The van der Waals surface area contributed by atoms with Gasteiger partial charge in [0.25, 0.3) is 0 Å². The minimum absolute atomic E-state index is 0.192. The molecule has 6 heteroatoms. The molecule has 0 spiro atoms. The van der Waals surface area contributed by atoms with Crippen molar-refractivity contribution in [3.05, 3.63) is 47.4 Å². The minimum atomic E-state index is -1.23. The van der Waals surface area contributed by atoms with Crippen LogP contribution in [0.4, 0.5) is 13.2 Å². The first-order chi connectivity index (χ1) is 8.66. The monoisotopic (exact) mass is 266 g/mol. The largest absolute Gasteiger partial charge is 0.235 e. The maximum absolute atomic E-state index is 13.7. The number of hydrogen-bond donors (Lipinski definition) is 0. The van der Waals surface area contributed by atoms with Gasteiger partial charge in [-0.2, -0.15) is 0 Å². The Morgan fingerprint density at radius 2 is 1.89 bits per heavy atom. The van der Waals surface area contributed by atoms with Gasteiger partial charge in [-0.15, -0.1) is 11.3 Å². The Morgan fingerprint density at radius 1 is 1.06 bits per heavy atom. The van der Waals surface area contributed by atoms with E-state index in [2.05, 4.69) is 9.97 Å². The summed E-state index contributed by atoms with van der Waals surface area (Å²) >= 11 is 1.29. The molecule has 3 rings (SSSR count). The van der Waals surface area contributed by atoms with Crippen molar-refractivity contribution in [2.24, 2.45) is 0 Å². The second-order valence-electron chi connectivity index (χ2n) is 3.61. The van der Waals surface area contributed by atoms with Gasteiger partial charge < -0.3 is 0 Å². The molecule has 0 atom stereocenters. The normalized spacial score (nSPS) is 11.1. The molecule has 0 aliphatic carbocycles. The Morgan fingerprint density at radius 3 is 2.72 bits per heavy atom. The predicted octanol–water partition coefficient (Wildman–Crippen LogP) is 3.78. The summed E-state index contributed by atoms with van der Waals surface area (Å²) in [6, 6.07) is 3.17. The fraction of sp³-hybridized carbons (Fsp3) is 0. The van der Waals surface area contributed by atoms with Crippen LogP contribution in [-0.4, -0.2) is 9.97 Å². The molecule has 0 amide bonds. The standard InChI is InChI=1S/C12H5F3N2S/c13-6-3-7(10(15)8(14)4-6)11-12-9(1-2-18-12)16-5-17-11/h1-5H. The lowest BCUT2D eigenvalue weighted by Crippen LogP contribution is -1.94. The lowest BCUT2D eigenvalue weighted by Gasteiger charge is -2.04. The molecule has 0 radical (unpaired) electrons. The van der Waals surface area contributed by atoms with E-state index >= 15 is 0 Å². The summed E-state index contributed by atoms with van der Waals surface area (Å²) in [6.07, 6.45) is 1.24. The number of nitrogens with zero attached hydrogens (tertiary/aromatic N) is 2. The first kappa shape index (κ1) is 11.2. The molecule has 0 aliphatic heterocycles. The third kappa shape index (κ3) is 1.65. The third-order valence-corrected chi connectivity index (χ3v) is 3.40. The maximum Gasteiger partial charge on any atom is 0.168 e. The van der Waals surface area contributed by atoms with E-state index in [1.54, 1.807) is 11.4 Å². The number of fused-ring (bicyclic) bond motifs is 1. The SMILES string of the molecule is Fc1cc(F)c(F)c(-c2ncnc3ccsc23)c1. The molecule has 0 saturated carbocycles. The van der Waals surface area contributed by atoms with Crippen molar-refractivity contribution in [3.8, 4) is 11.3 Å². The van der Waals surface area contributed by atoms with E-state index in [0.717, 1.165) is 6.07 Å². The van der Waals surface area contributed by atoms with E-state index in [-0.39, 0.29) is 11.3 Å². The number of benzene rings is 1. The van der Waals surface area contributed by atoms with Gasteiger partial charge in [0.2, 0.25) is 0 Å². The van der Waals surface area contributed by atoms with Crippen molar-refractivity contribution < 1.29 is 13.2 Å². The van der Waals surface area contributed by atoms with Crippen molar-refractivity contribution in [1.29, 1.82) is 0 Å². The van der Waals surface area contributed by atoms with Crippen LogP contribution in [0.15, 0.2) is 29.9 Å². The predicted molar refractivity (Wildman–Crippen MR) is 62.7 cm³/mol. The van der Waals surface area contributed by atoms with Crippen molar-refractivity contribution in [2.45, 2.75) is 0 Å². The molecule has 0 saturated heterocycles. The van der Waals surface area contributed by atoms with Gasteiger partial charge in [-0.3, -0.25) is 0 Å². The van der Waals surface area contributed by atoms with Gasteiger partial charge in [-0.1, -0.05) is 0 Å². The number of rotatable bonds is 1. The number of halogens is 3. The molecule has 0 aliphatic rings. The average Bonchev–Trinajstić information content (AvgIpc) is 2.81. The van der Waals surface area contributed by atoms with Crippen LogP contribution in [-0.2, 0) is 0 Å². The van der Waals surface area contributed by atoms with E-state index in [1.165, 1.54) is 17.7 Å². The number of aromatic nitrogens is 2. The smallest absolute Gasteiger partial charge is 0.168 e. The quantitative estimate of drug-likeness (QED) is 0.626. The van der Waals surface area contributed by atoms with Gasteiger partial charge in [0.1, 0.15) is 12.1 Å². The Hall–Kier alpha value is -1.95. The van der Waals surface area contributed by atoms with E-state index in [4.69, 9.17) is 0 Å². The van der Waals surface area contributed by atoms with Crippen LogP contribution in [0, 0.1) is 17.5 Å². The van der Waals surface area contributed by atoms with Gasteiger partial charge in [0.05, 0.1) is 15.9 Å². The molecule has 3 aromatic rings. The highest BCUT2D eigenvalue weighted by Gasteiger charge is 2.16. The summed E-state index contributed by atoms with van der Waals surface area (Å²) in [7, 11) is 0.